The molecule has 0 heterocycles. The van der Waals surface area contributed by atoms with E-state index >= 15 is 0 Å². The number of hydrogen-bond acceptors (Lipinski definition) is 2. The zero-order chi connectivity index (χ0) is 14.9. The lowest BCUT2D eigenvalue weighted by molar-refractivity contribution is -0.500. The summed E-state index contributed by atoms with van der Waals surface area (Å²) in [7, 11) is 0. The quantitative estimate of drug-likeness (QED) is 0.443. The third kappa shape index (κ3) is 5.24. The van der Waals surface area contributed by atoms with Crippen LogP contribution in [0, 0.1) is 0 Å². The van der Waals surface area contributed by atoms with Gasteiger partial charge in [-0.15, -0.1) is 10.5 Å². The monoisotopic (exact) mass is 300 g/mol. The molecule has 0 spiro atoms. The van der Waals surface area contributed by atoms with Crippen LogP contribution in [0.2, 0.25) is 0 Å². The summed E-state index contributed by atoms with van der Waals surface area (Å²) in [6.45, 7) is 2.77. The Morgan fingerprint density at radius 2 is 1.90 bits per heavy atom. The second kappa shape index (κ2) is 8.01. The van der Waals surface area contributed by atoms with Crippen LogP contribution in [-0.4, -0.2) is 17.9 Å². The van der Waals surface area contributed by atoms with Gasteiger partial charge in [-0.2, -0.15) is 0 Å². The Balaban J connectivity index is 1.98. The molecule has 0 unspecified atom stereocenters. The number of ether oxygens (including phenoxy) is 1. The molecule has 4 nitrogen and oxygen atoms in total. The minimum Gasteiger partial charge on any atom is -0.457 e. The van der Waals surface area contributed by atoms with E-state index in [0.717, 1.165) is 23.6 Å². The molecule has 0 atom stereocenters. The van der Waals surface area contributed by atoms with E-state index in [1.54, 1.807) is 0 Å². The standard InChI is InChI=1S/C16H17N3OS/c1-2-17-16(21)19-18-12-13-7-6-10-15(11-13)20-14-8-4-3-5-9-14/h3-12H,2H2,1H3,(H2,17,19,21)/p+1. The first-order valence-corrected chi connectivity index (χ1v) is 7.14. The minimum atomic E-state index is 0.561. The maximum absolute atomic E-state index is 5.78. The van der Waals surface area contributed by atoms with Crippen LogP contribution in [-0.2, 0) is 0 Å². The van der Waals surface area contributed by atoms with Crippen LogP contribution in [0.25, 0.3) is 0 Å². The zero-order valence-corrected chi connectivity index (χ0v) is 12.6. The summed E-state index contributed by atoms with van der Waals surface area (Å²) in [6.07, 6.45) is 1.82. The summed E-state index contributed by atoms with van der Waals surface area (Å²) < 4.78 is 5.78. The summed E-state index contributed by atoms with van der Waals surface area (Å²) in [5.41, 5.74) is 3.86. The Hall–Kier alpha value is -2.40. The summed E-state index contributed by atoms with van der Waals surface area (Å²) in [4.78, 5) is 0. The number of para-hydroxylation sites is 1. The molecule has 0 aromatic heterocycles. The van der Waals surface area contributed by atoms with Crippen molar-refractivity contribution in [2.45, 2.75) is 6.92 Å². The lowest BCUT2D eigenvalue weighted by atomic mass is 10.2. The normalized spacial score (nSPS) is 10.3. The zero-order valence-electron chi connectivity index (χ0n) is 11.8. The summed E-state index contributed by atoms with van der Waals surface area (Å²) in [5, 5.41) is 6.49. The molecule has 0 bridgehead atoms. The molecule has 0 radical (unpaired) electrons. The van der Waals surface area contributed by atoms with Gasteiger partial charge < -0.3 is 10.1 Å². The van der Waals surface area contributed by atoms with Gasteiger partial charge in [0.1, 0.15) is 11.5 Å². The highest BCUT2D eigenvalue weighted by molar-refractivity contribution is 7.80. The van der Waals surface area contributed by atoms with E-state index in [2.05, 4.69) is 15.8 Å². The Morgan fingerprint density at radius 1 is 1.14 bits per heavy atom. The average molecular weight is 300 g/mol. The highest BCUT2D eigenvalue weighted by Gasteiger charge is 1.99. The number of benzene rings is 2. The third-order valence-corrected chi connectivity index (χ3v) is 2.85. The van der Waals surface area contributed by atoms with Gasteiger partial charge in [-0.3, -0.25) is 0 Å². The molecule has 0 aliphatic carbocycles. The molecular formula is C16H18N3OS+. The maximum atomic E-state index is 5.78. The van der Waals surface area contributed by atoms with Crippen LogP contribution in [0.1, 0.15) is 12.5 Å². The lowest BCUT2D eigenvalue weighted by Crippen LogP contribution is -2.82. The molecule has 3 N–H and O–H groups in total. The summed E-state index contributed by atoms with van der Waals surface area (Å²) in [6, 6.07) is 17.5. The minimum absolute atomic E-state index is 0.561. The predicted molar refractivity (Wildman–Crippen MR) is 88.5 cm³/mol. The first kappa shape index (κ1) is 15.0. The lowest BCUT2D eigenvalue weighted by Gasteiger charge is -2.05. The highest BCUT2D eigenvalue weighted by Crippen LogP contribution is 2.20. The molecule has 0 aliphatic rings. The third-order valence-electron chi connectivity index (χ3n) is 2.60. The van der Waals surface area contributed by atoms with E-state index in [1.165, 1.54) is 0 Å². The van der Waals surface area contributed by atoms with Crippen LogP contribution < -0.4 is 20.6 Å². The molecule has 0 amide bonds. The molecule has 0 saturated heterocycles. The van der Waals surface area contributed by atoms with Gasteiger partial charge in [0.25, 0.3) is 0 Å². The molecule has 2 aromatic rings. The van der Waals surface area contributed by atoms with Gasteiger partial charge >= 0.3 is 0 Å². The Bertz CT molecular complexity index is 614. The van der Waals surface area contributed by atoms with Crippen LogP contribution in [0.4, 0.5) is 0 Å². The molecule has 0 fully saturated rings. The van der Waals surface area contributed by atoms with Crippen molar-refractivity contribution in [3.63, 3.8) is 0 Å². The van der Waals surface area contributed by atoms with Crippen molar-refractivity contribution in [2.75, 3.05) is 6.54 Å². The van der Waals surface area contributed by atoms with Gasteiger partial charge in [-0.25, -0.2) is 0 Å². The van der Waals surface area contributed by atoms with E-state index in [0.29, 0.717) is 5.11 Å². The van der Waals surface area contributed by atoms with Crippen molar-refractivity contribution in [3.05, 3.63) is 60.2 Å². The number of thiocarbonyl (C=S) groups is 1. The fraction of sp³-hybridized carbons (Fsp3) is 0.125. The number of hydrazine groups is 1. The summed E-state index contributed by atoms with van der Waals surface area (Å²) >= 11 is 5.05. The van der Waals surface area contributed by atoms with Gasteiger partial charge in [0, 0.05) is 12.1 Å². The molecule has 21 heavy (non-hydrogen) atoms. The Labute approximate surface area is 129 Å². The molecule has 108 valence electrons. The smallest absolute Gasteiger partial charge is 0.223 e. The van der Waals surface area contributed by atoms with Crippen LogP contribution in [0.15, 0.2) is 54.6 Å². The van der Waals surface area contributed by atoms with Gasteiger partial charge in [0.05, 0.1) is 0 Å². The first-order valence-electron chi connectivity index (χ1n) is 6.73. The topological polar surface area (TPSA) is 47.3 Å². The van der Waals surface area contributed by atoms with Crippen molar-refractivity contribution >= 4 is 23.5 Å². The van der Waals surface area contributed by atoms with E-state index in [4.69, 9.17) is 17.0 Å². The number of hydrazone groups is 1. The average Bonchev–Trinajstić information content (AvgIpc) is 2.49. The molecule has 2 rings (SSSR count). The van der Waals surface area contributed by atoms with Crippen molar-refractivity contribution < 1.29 is 9.84 Å². The number of hydrogen-bond donors (Lipinski definition) is 3. The summed E-state index contributed by atoms with van der Waals surface area (Å²) in [5.74, 6) is 1.60. The largest absolute Gasteiger partial charge is 0.457 e. The SMILES string of the molecule is CCNC(=S)N[NH+]=Cc1cccc(Oc2ccccc2)c1. The van der Waals surface area contributed by atoms with Gasteiger partial charge in [-0.1, -0.05) is 24.3 Å². The van der Waals surface area contributed by atoms with Crippen LogP contribution in [0.5, 0.6) is 11.5 Å². The maximum Gasteiger partial charge on any atom is 0.223 e. The van der Waals surface area contributed by atoms with Crippen LogP contribution in [0.3, 0.4) is 0 Å². The second-order valence-corrected chi connectivity index (χ2v) is 4.67. The van der Waals surface area contributed by atoms with Crippen LogP contribution >= 0.6 is 12.2 Å². The van der Waals surface area contributed by atoms with Crippen molar-refractivity contribution in [1.29, 1.82) is 0 Å². The van der Waals surface area contributed by atoms with Crippen molar-refractivity contribution in [3.8, 4) is 11.5 Å². The van der Waals surface area contributed by atoms with Gasteiger partial charge in [0.15, 0.2) is 6.21 Å². The van der Waals surface area contributed by atoms with E-state index in [-0.39, 0.29) is 0 Å². The first-order chi connectivity index (χ1) is 10.3. The Kier molecular flexibility index (Phi) is 5.72. The predicted octanol–water partition coefficient (Wildman–Crippen LogP) is 1.38. The molecular weight excluding hydrogens is 282 g/mol. The highest BCUT2D eigenvalue weighted by atomic mass is 32.1. The van der Waals surface area contributed by atoms with Crippen molar-refractivity contribution in [1.82, 2.24) is 10.7 Å². The Morgan fingerprint density at radius 3 is 2.67 bits per heavy atom. The van der Waals surface area contributed by atoms with E-state index in [9.17, 15) is 0 Å². The molecule has 2 aromatic carbocycles. The fourth-order valence-electron chi connectivity index (χ4n) is 1.68. The van der Waals surface area contributed by atoms with Gasteiger partial charge in [-0.05, 0) is 49.5 Å². The molecule has 0 saturated carbocycles. The van der Waals surface area contributed by atoms with Crippen molar-refractivity contribution in [2.24, 2.45) is 0 Å². The fourth-order valence-corrected chi connectivity index (χ4v) is 1.89. The van der Waals surface area contributed by atoms with Gasteiger partial charge in [0.2, 0.25) is 5.11 Å². The molecule has 5 heteroatoms. The van der Waals surface area contributed by atoms with E-state index < -0.39 is 0 Å². The van der Waals surface area contributed by atoms with E-state index in [1.807, 2.05) is 67.7 Å². The number of nitrogens with one attached hydrogen (secondary N) is 3. The molecule has 0 aliphatic heterocycles. The second-order valence-electron chi connectivity index (χ2n) is 4.26. The number of rotatable bonds is 5.